The van der Waals surface area contributed by atoms with Crippen molar-refractivity contribution in [3.63, 3.8) is 0 Å². The molecule has 0 saturated carbocycles. The summed E-state index contributed by atoms with van der Waals surface area (Å²) in [7, 11) is 0. The average molecular weight is 564 g/mol. The molecule has 9 nitrogen and oxygen atoms in total. The zero-order chi connectivity index (χ0) is 29.6. The van der Waals surface area contributed by atoms with Crippen LogP contribution >= 0.6 is 0 Å². The number of anilines is 2. The number of pyridine rings is 2. The highest BCUT2D eigenvalue weighted by molar-refractivity contribution is 6.04. The Hall–Kier alpha value is -5.05. The van der Waals surface area contributed by atoms with E-state index in [0.717, 1.165) is 18.8 Å². The number of ether oxygens (including phenoxy) is 1. The van der Waals surface area contributed by atoms with E-state index in [1.54, 1.807) is 53.4 Å². The Morgan fingerprint density at radius 3 is 2.05 bits per heavy atom. The molecule has 2 aromatic carbocycles. The standard InChI is InChI=1S/C33H33N5O4/c1-22(2)24-4-10-28(11-5-24)37-16-18-38(19-17-37)33(41)30-14-8-26(20-34-30)32(40)36-27-9-15-31(35-21-27)42-29-12-6-25(7-13-29)23(3)39/h4-15,20-22H,16-19H2,1-3H3,(H,36,40). The number of hydrogen-bond acceptors (Lipinski definition) is 7. The number of amides is 2. The summed E-state index contributed by atoms with van der Waals surface area (Å²) in [5, 5.41) is 2.78. The van der Waals surface area contributed by atoms with Crippen LogP contribution in [0.4, 0.5) is 11.4 Å². The minimum absolute atomic E-state index is 0.0195. The Morgan fingerprint density at radius 2 is 1.48 bits per heavy atom. The van der Waals surface area contributed by atoms with E-state index in [4.69, 9.17) is 4.74 Å². The molecule has 0 aliphatic carbocycles. The number of piperazine rings is 1. The molecule has 3 heterocycles. The minimum atomic E-state index is -0.367. The average Bonchev–Trinajstić information content (AvgIpc) is 3.02. The van der Waals surface area contributed by atoms with E-state index in [2.05, 4.69) is 58.3 Å². The minimum Gasteiger partial charge on any atom is -0.439 e. The number of Topliss-reactive ketones (excluding diaryl/α,β-unsaturated/α-hetero) is 1. The van der Waals surface area contributed by atoms with Gasteiger partial charge in [-0.1, -0.05) is 26.0 Å². The summed E-state index contributed by atoms with van der Waals surface area (Å²) >= 11 is 0. The predicted molar refractivity (Wildman–Crippen MR) is 162 cm³/mol. The number of ketones is 1. The SMILES string of the molecule is CC(=O)c1ccc(Oc2ccc(NC(=O)c3ccc(C(=O)N4CCN(c5ccc(C(C)C)cc5)CC4)nc3)cn2)cc1. The Labute approximate surface area is 245 Å². The summed E-state index contributed by atoms with van der Waals surface area (Å²) in [6.45, 7) is 8.57. The number of rotatable bonds is 8. The van der Waals surface area contributed by atoms with Crippen LogP contribution in [0.3, 0.4) is 0 Å². The van der Waals surface area contributed by atoms with Gasteiger partial charge < -0.3 is 19.9 Å². The third kappa shape index (κ3) is 6.80. The third-order valence-corrected chi connectivity index (χ3v) is 7.21. The fourth-order valence-electron chi connectivity index (χ4n) is 4.65. The van der Waals surface area contributed by atoms with Crippen LogP contribution in [0.1, 0.15) is 63.5 Å². The lowest BCUT2D eigenvalue weighted by Gasteiger charge is -2.36. The van der Waals surface area contributed by atoms with Crippen LogP contribution < -0.4 is 15.0 Å². The molecule has 2 amide bonds. The molecule has 0 unspecified atom stereocenters. The monoisotopic (exact) mass is 563 g/mol. The van der Waals surface area contributed by atoms with Crippen LogP contribution in [0.15, 0.2) is 85.2 Å². The van der Waals surface area contributed by atoms with Crippen LogP contribution in [-0.4, -0.2) is 58.6 Å². The highest BCUT2D eigenvalue weighted by Crippen LogP contribution is 2.23. The molecule has 214 valence electrons. The van der Waals surface area contributed by atoms with Crippen molar-refractivity contribution < 1.29 is 19.1 Å². The van der Waals surface area contributed by atoms with Gasteiger partial charge >= 0.3 is 0 Å². The second-order valence-electron chi connectivity index (χ2n) is 10.5. The molecule has 0 bridgehead atoms. The molecule has 4 aromatic rings. The van der Waals surface area contributed by atoms with Crippen molar-refractivity contribution in [2.75, 3.05) is 36.4 Å². The second kappa shape index (κ2) is 12.6. The quantitative estimate of drug-likeness (QED) is 0.270. The van der Waals surface area contributed by atoms with Gasteiger partial charge in [-0.3, -0.25) is 19.4 Å². The van der Waals surface area contributed by atoms with Gasteiger partial charge in [0.25, 0.3) is 11.8 Å². The fourth-order valence-corrected chi connectivity index (χ4v) is 4.65. The molecule has 5 rings (SSSR count). The molecule has 1 N–H and O–H groups in total. The van der Waals surface area contributed by atoms with E-state index in [9.17, 15) is 14.4 Å². The lowest BCUT2D eigenvalue weighted by molar-refractivity contribution is 0.0740. The zero-order valence-corrected chi connectivity index (χ0v) is 23.9. The molecular weight excluding hydrogens is 530 g/mol. The summed E-state index contributed by atoms with van der Waals surface area (Å²) in [5.74, 6) is 0.851. The molecule has 1 saturated heterocycles. The lowest BCUT2D eigenvalue weighted by atomic mass is 10.0. The van der Waals surface area contributed by atoms with Crippen LogP contribution in [0.2, 0.25) is 0 Å². The lowest BCUT2D eigenvalue weighted by Crippen LogP contribution is -2.49. The number of nitrogens with zero attached hydrogens (tertiary/aromatic N) is 4. The summed E-state index contributed by atoms with van der Waals surface area (Å²) in [6, 6.07) is 21.9. The van der Waals surface area contributed by atoms with Crippen molar-refractivity contribution in [1.29, 1.82) is 0 Å². The first-order valence-electron chi connectivity index (χ1n) is 13.9. The maximum Gasteiger partial charge on any atom is 0.272 e. The molecule has 0 spiro atoms. The second-order valence-corrected chi connectivity index (χ2v) is 10.5. The molecule has 2 aromatic heterocycles. The molecule has 1 aliphatic heterocycles. The number of carbonyl (C=O) groups excluding carboxylic acids is 3. The molecule has 0 radical (unpaired) electrons. The van der Waals surface area contributed by atoms with Crippen molar-refractivity contribution in [2.45, 2.75) is 26.7 Å². The van der Waals surface area contributed by atoms with Crippen molar-refractivity contribution in [2.24, 2.45) is 0 Å². The van der Waals surface area contributed by atoms with Crippen LogP contribution in [-0.2, 0) is 0 Å². The first-order valence-corrected chi connectivity index (χ1v) is 13.9. The van der Waals surface area contributed by atoms with Crippen LogP contribution in [0.5, 0.6) is 11.6 Å². The van der Waals surface area contributed by atoms with Crippen molar-refractivity contribution in [3.05, 3.63) is 108 Å². The van der Waals surface area contributed by atoms with Gasteiger partial charge in [-0.2, -0.15) is 0 Å². The van der Waals surface area contributed by atoms with Crippen molar-refractivity contribution in [3.8, 4) is 11.6 Å². The third-order valence-electron chi connectivity index (χ3n) is 7.21. The van der Waals surface area contributed by atoms with Gasteiger partial charge in [0.05, 0.1) is 17.4 Å². The van der Waals surface area contributed by atoms with E-state index in [-0.39, 0.29) is 17.6 Å². The Morgan fingerprint density at radius 1 is 0.786 bits per heavy atom. The number of hydrogen-bond donors (Lipinski definition) is 1. The molecule has 9 heteroatoms. The Balaban J connectivity index is 1.12. The molecule has 0 atom stereocenters. The summed E-state index contributed by atoms with van der Waals surface area (Å²) in [4.78, 5) is 49.8. The highest BCUT2D eigenvalue weighted by atomic mass is 16.5. The number of benzene rings is 2. The zero-order valence-electron chi connectivity index (χ0n) is 23.9. The van der Waals surface area contributed by atoms with E-state index in [1.807, 2.05) is 0 Å². The van der Waals surface area contributed by atoms with E-state index >= 15 is 0 Å². The van der Waals surface area contributed by atoms with Crippen molar-refractivity contribution >= 4 is 29.0 Å². The Kier molecular flexibility index (Phi) is 8.57. The number of nitrogens with one attached hydrogen (secondary N) is 1. The maximum atomic E-state index is 13.1. The van der Waals surface area contributed by atoms with E-state index < -0.39 is 0 Å². The van der Waals surface area contributed by atoms with Gasteiger partial charge in [0, 0.05) is 49.7 Å². The van der Waals surface area contributed by atoms with Gasteiger partial charge in [0.2, 0.25) is 5.88 Å². The molecule has 1 aliphatic rings. The van der Waals surface area contributed by atoms with Gasteiger partial charge in [0.1, 0.15) is 11.4 Å². The first-order chi connectivity index (χ1) is 20.3. The van der Waals surface area contributed by atoms with E-state index in [1.165, 1.54) is 24.9 Å². The smallest absolute Gasteiger partial charge is 0.272 e. The molecular formula is C33H33N5O4. The van der Waals surface area contributed by atoms with Crippen LogP contribution in [0.25, 0.3) is 0 Å². The highest BCUT2D eigenvalue weighted by Gasteiger charge is 2.23. The fraction of sp³-hybridized carbons (Fsp3) is 0.242. The van der Waals surface area contributed by atoms with Gasteiger partial charge in [-0.25, -0.2) is 4.98 Å². The number of carbonyl (C=O) groups is 3. The summed E-state index contributed by atoms with van der Waals surface area (Å²) in [6.07, 6.45) is 2.89. The van der Waals surface area contributed by atoms with Gasteiger partial charge in [0.15, 0.2) is 5.78 Å². The van der Waals surface area contributed by atoms with Gasteiger partial charge in [-0.05, 0) is 73.0 Å². The van der Waals surface area contributed by atoms with E-state index in [0.29, 0.717) is 53.1 Å². The van der Waals surface area contributed by atoms with Crippen LogP contribution in [0, 0.1) is 0 Å². The normalized spacial score (nSPS) is 13.1. The predicted octanol–water partition coefficient (Wildman–Crippen LogP) is 5.81. The summed E-state index contributed by atoms with van der Waals surface area (Å²) < 4.78 is 5.70. The largest absolute Gasteiger partial charge is 0.439 e. The molecule has 42 heavy (non-hydrogen) atoms. The first kappa shape index (κ1) is 28.5. The van der Waals surface area contributed by atoms with Gasteiger partial charge in [-0.15, -0.1) is 0 Å². The molecule has 1 fully saturated rings. The summed E-state index contributed by atoms with van der Waals surface area (Å²) in [5.41, 5.74) is 4.19. The topological polar surface area (TPSA) is 105 Å². The number of aromatic nitrogens is 2. The van der Waals surface area contributed by atoms with Crippen molar-refractivity contribution in [1.82, 2.24) is 14.9 Å². The maximum absolute atomic E-state index is 13.1. The Bertz CT molecular complexity index is 1540.